The van der Waals surface area contributed by atoms with Gasteiger partial charge in [0, 0.05) is 31.7 Å². The first kappa shape index (κ1) is 25.5. The third-order valence-corrected chi connectivity index (χ3v) is 6.62. The molecule has 1 aliphatic heterocycles. The lowest BCUT2D eigenvalue weighted by molar-refractivity contribution is -0.133. The monoisotopic (exact) mass is 493 g/mol. The van der Waals surface area contributed by atoms with Crippen LogP contribution in [-0.4, -0.2) is 75.5 Å². The summed E-state index contributed by atoms with van der Waals surface area (Å²) in [5, 5.41) is 17.7. The molecular weight excluding hydrogens is 461 g/mol. The molecule has 4 rings (SSSR count). The van der Waals surface area contributed by atoms with E-state index in [0.29, 0.717) is 25.3 Å². The van der Waals surface area contributed by atoms with Crippen LogP contribution in [-0.2, 0) is 11.3 Å². The summed E-state index contributed by atoms with van der Waals surface area (Å²) in [5.41, 5.74) is 1.11. The van der Waals surface area contributed by atoms with E-state index in [-0.39, 0.29) is 23.3 Å². The Morgan fingerprint density at radius 3 is 2.64 bits per heavy atom. The number of carboxylic acid groups (broad SMARTS) is 1. The van der Waals surface area contributed by atoms with Crippen molar-refractivity contribution in [2.24, 2.45) is 5.92 Å². The number of halogens is 1. The van der Waals surface area contributed by atoms with Gasteiger partial charge in [-0.05, 0) is 44.5 Å². The molecule has 0 spiro atoms. The number of nitrogens with zero attached hydrogens (tertiary/aromatic N) is 5. The summed E-state index contributed by atoms with van der Waals surface area (Å²) in [4.78, 5) is 29.3. The fraction of sp³-hybridized carbons (Fsp3) is 0.407. The van der Waals surface area contributed by atoms with E-state index < -0.39 is 17.3 Å². The summed E-state index contributed by atoms with van der Waals surface area (Å²) in [6.45, 7) is 2.51. The zero-order chi connectivity index (χ0) is 25.7. The lowest BCUT2D eigenvalue weighted by Gasteiger charge is -2.30. The number of benzene rings is 2. The third kappa shape index (κ3) is 5.96. The summed E-state index contributed by atoms with van der Waals surface area (Å²) in [6.07, 6.45) is 4.55. The molecule has 0 radical (unpaired) electrons. The minimum Gasteiger partial charge on any atom is -0.478 e. The van der Waals surface area contributed by atoms with Crippen LogP contribution in [0.2, 0.25) is 0 Å². The molecule has 1 fully saturated rings. The second kappa shape index (κ2) is 11.4. The Kier molecular flexibility index (Phi) is 8.10. The van der Waals surface area contributed by atoms with Gasteiger partial charge in [-0.25, -0.2) is 9.18 Å². The summed E-state index contributed by atoms with van der Waals surface area (Å²) in [6, 6.07) is 14.0. The lowest BCUT2D eigenvalue weighted by atomic mass is 9.96. The number of carboxylic acids is 1. The predicted octanol–water partition coefficient (Wildman–Crippen LogP) is 3.76. The second-order valence-corrected chi connectivity index (χ2v) is 9.66. The number of hydrogen-bond acceptors (Lipinski definition) is 5. The van der Waals surface area contributed by atoms with E-state index in [4.69, 9.17) is 0 Å². The zero-order valence-electron chi connectivity index (χ0n) is 20.7. The third-order valence-electron chi connectivity index (χ3n) is 6.62. The van der Waals surface area contributed by atoms with Crippen molar-refractivity contribution >= 4 is 11.9 Å². The van der Waals surface area contributed by atoms with E-state index in [0.717, 1.165) is 37.4 Å². The van der Waals surface area contributed by atoms with Crippen molar-refractivity contribution in [3.8, 4) is 11.3 Å². The van der Waals surface area contributed by atoms with Gasteiger partial charge in [0.25, 0.3) is 0 Å². The van der Waals surface area contributed by atoms with Gasteiger partial charge in [-0.3, -0.25) is 9.48 Å². The quantitative estimate of drug-likeness (QED) is 0.514. The average molecular weight is 494 g/mol. The minimum absolute atomic E-state index is 0.131. The van der Waals surface area contributed by atoms with E-state index in [1.165, 1.54) is 12.1 Å². The van der Waals surface area contributed by atoms with Gasteiger partial charge in [-0.2, -0.15) is 0 Å². The highest BCUT2D eigenvalue weighted by Crippen LogP contribution is 2.26. The van der Waals surface area contributed by atoms with Crippen molar-refractivity contribution in [1.29, 1.82) is 0 Å². The van der Waals surface area contributed by atoms with Crippen molar-refractivity contribution in [3.63, 3.8) is 0 Å². The first-order valence-corrected chi connectivity index (χ1v) is 12.2. The summed E-state index contributed by atoms with van der Waals surface area (Å²) < 4.78 is 15.8. The molecule has 2 heterocycles. The highest BCUT2D eigenvalue weighted by Gasteiger charge is 2.30. The fourth-order valence-corrected chi connectivity index (χ4v) is 4.91. The van der Waals surface area contributed by atoms with Crippen molar-refractivity contribution in [2.75, 3.05) is 33.7 Å². The van der Waals surface area contributed by atoms with Gasteiger partial charge in [0.05, 0.1) is 12.1 Å². The van der Waals surface area contributed by atoms with Crippen LogP contribution in [0.3, 0.4) is 0 Å². The molecule has 1 aromatic heterocycles. The molecule has 1 aliphatic rings. The number of aromatic nitrogens is 3. The first-order chi connectivity index (χ1) is 17.3. The SMILES string of the molecule is CN(C)CC(C(=O)N1CCCCC(Cn2cc(-c3cccc(F)c3C(=O)O)nn2)C1)c1ccccc1. The molecule has 1 amide bonds. The fourth-order valence-electron chi connectivity index (χ4n) is 4.91. The number of hydrogen-bond donors (Lipinski definition) is 1. The Morgan fingerprint density at radius 2 is 1.92 bits per heavy atom. The van der Waals surface area contributed by atoms with Gasteiger partial charge >= 0.3 is 5.97 Å². The van der Waals surface area contributed by atoms with Crippen LogP contribution < -0.4 is 0 Å². The highest BCUT2D eigenvalue weighted by atomic mass is 19.1. The molecule has 8 nitrogen and oxygen atoms in total. The van der Waals surface area contributed by atoms with Crippen LogP contribution >= 0.6 is 0 Å². The topological polar surface area (TPSA) is 91.6 Å². The maximum absolute atomic E-state index is 14.1. The van der Waals surface area contributed by atoms with Crippen LogP contribution in [0.25, 0.3) is 11.3 Å². The molecule has 2 aromatic carbocycles. The minimum atomic E-state index is -1.35. The molecular formula is C27H32FN5O3. The predicted molar refractivity (Wildman–Crippen MR) is 134 cm³/mol. The summed E-state index contributed by atoms with van der Waals surface area (Å²) in [7, 11) is 3.95. The van der Waals surface area contributed by atoms with E-state index >= 15 is 0 Å². The molecule has 36 heavy (non-hydrogen) atoms. The van der Waals surface area contributed by atoms with Crippen LogP contribution in [0.4, 0.5) is 4.39 Å². The number of likely N-dealkylation sites (N-methyl/N-ethyl adjacent to an activating group) is 1. The maximum atomic E-state index is 14.1. The maximum Gasteiger partial charge on any atom is 0.339 e. The lowest BCUT2D eigenvalue weighted by Crippen LogP contribution is -2.41. The van der Waals surface area contributed by atoms with Gasteiger partial charge in [0.15, 0.2) is 0 Å². The van der Waals surface area contributed by atoms with Crippen molar-refractivity contribution < 1.29 is 19.1 Å². The molecule has 0 aliphatic carbocycles. The number of rotatable bonds is 8. The van der Waals surface area contributed by atoms with E-state index in [9.17, 15) is 19.1 Å². The first-order valence-electron chi connectivity index (χ1n) is 12.2. The Morgan fingerprint density at radius 1 is 1.14 bits per heavy atom. The van der Waals surface area contributed by atoms with E-state index in [1.54, 1.807) is 10.9 Å². The molecule has 2 atom stereocenters. The van der Waals surface area contributed by atoms with Gasteiger partial charge < -0.3 is 14.9 Å². The normalized spacial score (nSPS) is 17.1. The molecule has 9 heteroatoms. The number of aromatic carboxylic acids is 1. The summed E-state index contributed by atoms with van der Waals surface area (Å²) >= 11 is 0. The molecule has 2 unspecified atom stereocenters. The van der Waals surface area contributed by atoms with Crippen LogP contribution in [0, 0.1) is 11.7 Å². The van der Waals surface area contributed by atoms with Gasteiger partial charge in [0.2, 0.25) is 5.91 Å². The smallest absolute Gasteiger partial charge is 0.339 e. The molecule has 1 saturated heterocycles. The molecule has 190 valence electrons. The van der Waals surface area contributed by atoms with E-state index in [1.807, 2.05) is 54.2 Å². The average Bonchev–Trinajstić information content (AvgIpc) is 3.19. The van der Waals surface area contributed by atoms with E-state index in [2.05, 4.69) is 10.3 Å². The Bertz CT molecular complexity index is 1200. The number of carbonyl (C=O) groups excluding carboxylic acids is 1. The van der Waals surface area contributed by atoms with Gasteiger partial charge in [-0.15, -0.1) is 5.10 Å². The van der Waals surface area contributed by atoms with Gasteiger partial charge in [0.1, 0.15) is 17.1 Å². The standard InChI is InChI=1S/C27H32FN5O3/c1-31(2)17-22(20-10-4-3-5-11-20)26(34)32-14-7-6-9-19(15-32)16-33-18-24(29-30-33)21-12-8-13-23(28)25(21)27(35)36/h3-5,8,10-13,18-19,22H,6-7,9,14-17H2,1-2H3,(H,35,36). The van der Waals surface area contributed by atoms with Crippen molar-refractivity contribution in [1.82, 2.24) is 24.8 Å². The Hall–Kier alpha value is -3.59. The second-order valence-electron chi connectivity index (χ2n) is 9.66. The summed E-state index contributed by atoms with van der Waals surface area (Å²) in [5.74, 6) is -2.08. The van der Waals surface area contributed by atoms with Gasteiger partial charge in [-0.1, -0.05) is 54.1 Å². The van der Waals surface area contributed by atoms with Crippen LogP contribution in [0.15, 0.2) is 54.7 Å². The van der Waals surface area contributed by atoms with Crippen LogP contribution in [0.1, 0.15) is 41.1 Å². The number of likely N-dealkylation sites (tertiary alicyclic amines) is 1. The highest BCUT2D eigenvalue weighted by molar-refractivity contribution is 5.95. The molecule has 1 N–H and O–H groups in total. The van der Waals surface area contributed by atoms with Crippen molar-refractivity contribution in [2.45, 2.75) is 31.7 Å². The largest absolute Gasteiger partial charge is 0.478 e. The van der Waals surface area contributed by atoms with Crippen molar-refractivity contribution in [3.05, 3.63) is 71.7 Å². The Labute approximate surface area is 210 Å². The number of amides is 1. The van der Waals surface area contributed by atoms with Crippen LogP contribution in [0.5, 0.6) is 0 Å². The Balaban J connectivity index is 1.50. The zero-order valence-corrected chi connectivity index (χ0v) is 20.7. The molecule has 0 saturated carbocycles. The molecule has 3 aromatic rings. The number of carbonyl (C=O) groups is 2. The molecule has 0 bridgehead atoms.